The average molecular weight is 360 g/mol. The van der Waals surface area contributed by atoms with Crippen molar-refractivity contribution < 1.29 is 23.2 Å². The minimum absolute atomic E-state index is 0.0191. The Labute approximate surface area is 146 Å². The molecule has 0 saturated carbocycles. The van der Waals surface area contributed by atoms with Gasteiger partial charge < -0.3 is 9.26 Å². The van der Waals surface area contributed by atoms with E-state index in [2.05, 4.69) is 10.1 Å². The number of ketones is 1. The maximum atomic E-state index is 12.8. The third-order valence-electron chi connectivity index (χ3n) is 3.29. The predicted octanol–water partition coefficient (Wildman–Crippen LogP) is 3.64. The highest BCUT2D eigenvalue weighted by Gasteiger charge is 2.13. The van der Waals surface area contributed by atoms with Crippen molar-refractivity contribution in [2.75, 3.05) is 0 Å². The zero-order valence-corrected chi connectivity index (χ0v) is 13.8. The SMILES string of the molecule is O=C(CCC(=O)c1ccc(F)cc1)OCc1nc(-c2cccs2)no1. The van der Waals surface area contributed by atoms with E-state index < -0.39 is 11.8 Å². The summed E-state index contributed by atoms with van der Waals surface area (Å²) >= 11 is 1.47. The molecule has 1 aromatic carbocycles. The van der Waals surface area contributed by atoms with E-state index in [0.717, 1.165) is 4.88 Å². The Bertz CT molecular complexity index is 859. The number of hydrogen-bond acceptors (Lipinski definition) is 7. The molecule has 8 heteroatoms. The first-order chi connectivity index (χ1) is 12.1. The maximum Gasteiger partial charge on any atom is 0.306 e. The molecule has 0 atom stereocenters. The molecule has 3 rings (SSSR count). The van der Waals surface area contributed by atoms with Crippen molar-refractivity contribution in [1.82, 2.24) is 10.1 Å². The molecule has 0 aliphatic heterocycles. The second-order valence-corrected chi connectivity index (χ2v) is 6.03. The van der Waals surface area contributed by atoms with Crippen LogP contribution in [-0.4, -0.2) is 21.9 Å². The van der Waals surface area contributed by atoms with Crippen LogP contribution in [0.15, 0.2) is 46.3 Å². The molecule has 0 N–H and O–H groups in total. The molecular formula is C17H13FN2O4S. The van der Waals surface area contributed by atoms with Crippen LogP contribution < -0.4 is 0 Å². The normalized spacial score (nSPS) is 10.6. The van der Waals surface area contributed by atoms with Gasteiger partial charge in [-0.3, -0.25) is 9.59 Å². The van der Waals surface area contributed by atoms with E-state index in [9.17, 15) is 14.0 Å². The zero-order valence-electron chi connectivity index (χ0n) is 13.0. The summed E-state index contributed by atoms with van der Waals surface area (Å²) in [5, 5.41) is 5.70. The zero-order chi connectivity index (χ0) is 17.6. The number of esters is 1. The van der Waals surface area contributed by atoms with Gasteiger partial charge in [0.2, 0.25) is 5.82 Å². The second kappa shape index (κ2) is 7.80. The molecule has 0 bridgehead atoms. The second-order valence-electron chi connectivity index (χ2n) is 5.08. The lowest BCUT2D eigenvalue weighted by atomic mass is 10.1. The third kappa shape index (κ3) is 4.57. The van der Waals surface area contributed by atoms with Crippen molar-refractivity contribution >= 4 is 23.1 Å². The van der Waals surface area contributed by atoms with Crippen LogP contribution in [0.1, 0.15) is 29.1 Å². The van der Waals surface area contributed by atoms with Gasteiger partial charge >= 0.3 is 5.97 Å². The number of benzene rings is 1. The van der Waals surface area contributed by atoms with Gasteiger partial charge in [0, 0.05) is 12.0 Å². The summed E-state index contributed by atoms with van der Waals surface area (Å²) in [6.45, 7) is -0.151. The minimum Gasteiger partial charge on any atom is -0.456 e. The van der Waals surface area contributed by atoms with Crippen LogP contribution in [0, 0.1) is 5.82 Å². The summed E-state index contributed by atoms with van der Waals surface area (Å²) in [4.78, 5) is 28.6. The molecule has 25 heavy (non-hydrogen) atoms. The van der Waals surface area contributed by atoms with Gasteiger partial charge in [0.1, 0.15) is 5.82 Å². The lowest BCUT2D eigenvalue weighted by Crippen LogP contribution is -2.08. The number of carbonyl (C=O) groups excluding carboxylic acids is 2. The fraction of sp³-hybridized carbons (Fsp3) is 0.176. The summed E-state index contributed by atoms with van der Waals surface area (Å²) in [6.07, 6.45) is -0.100. The number of carbonyl (C=O) groups is 2. The Kier molecular flexibility index (Phi) is 5.30. The largest absolute Gasteiger partial charge is 0.456 e. The van der Waals surface area contributed by atoms with Crippen molar-refractivity contribution in [1.29, 1.82) is 0 Å². The van der Waals surface area contributed by atoms with E-state index >= 15 is 0 Å². The minimum atomic E-state index is -0.550. The molecule has 6 nitrogen and oxygen atoms in total. The molecule has 2 aromatic heterocycles. The first-order valence-electron chi connectivity index (χ1n) is 7.42. The summed E-state index contributed by atoms with van der Waals surface area (Å²) < 4.78 is 22.8. The van der Waals surface area contributed by atoms with Gasteiger partial charge in [-0.2, -0.15) is 4.98 Å². The van der Waals surface area contributed by atoms with E-state index in [1.807, 2.05) is 17.5 Å². The van der Waals surface area contributed by atoms with E-state index in [4.69, 9.17) is 9.26 Å². The summed E-state index contributed by atoms with van der Waals surface area (Å²) in [7, 11) is 0. The van der Waals surface area contributed by atoms with Crippen LogP contribution in [0.25, 0.3) is 10.7 Å². The molecule has 3 aromatic rings. The topological polar surface area (TPSA) is 82.3 Å². The van der Waals surface area contributed by atoms with Crippen molar-refractivity contribution in [2.24, 2.45) is 0 Å². The number of hydrogen-bond donors (Lipinski definition) is 0. The Morgan fingerprint density at radius 2 is 1.96 bits per heavy atom. The van der Waals surface area contributed by atoms with Crippen LogP contribution >= 0.6 is 11.3 Å². The highest BCUT2D eigenvalue weighted by atomic mass is 32.1. The number of Topliss-reactive ketones (excluding diaryl/α,β-unsaturated/α-hetero) is 1. The van der Waals surface area contributed by atoms with Crippen LogP contribution in [0.3, 0.4) is 0 Å². The first-order valence-corrected chi connectivity index (χ1v) is 8.30. The van der Waals surface area contributed by atoms with Crippen LogP contribution in [0.2, 0.25) is 0 Å². The monoisotopic (exact) mass is 360 g/mol. The van der Waals surface area contributed by atoms with E-state index in [1.54, 1.807) is 0 Å². The van der Waals surface area contributed by atoms with Gasteiger partial charge in [-0.1, -0.05) is 11.2 Å². The number of halogens is 1. The fourth-order valence-electron chi connectivity index (χ4n) is 2.03. The summed E-state index contributed by atoms with van der Waals surface area (Å²) in [5.74, 6) is -0.604. The van der Waals surface area contributed by atoms with Gasteiger partial charge in [0.15, 0.2) is 12.4 Å². The molecule has 0 aliphatic carbocycles. The number of aromatic nitrogens is 2. The quantitative estimate of drug-likeness (QED) is 0.472. The van der Waals surface area contributed by atoms with Crippen molar-refractivity contribution in [3.63, 3.8) is 0 Å². The molecule has 0 radical (unpaired) electrons. The van der Waals surface area contributed by atoms with Gasteiger partial charge in [-0.05, 0) is 35.7 Å². The summed E-state index contributed by atoms with van der Waals surface area (Å²) in [6, 6.07) is 8.89. The standard InChI is InChI=1S/C17H13FN2O4S/c18-12-5-3-11(4-6-12)13(21)7-8-16(22)23-10-15-19-17(20-24-15)14-2-1-9-25-14/h1-6,9H,7-8,10H2. The summed E-state index contributed by atoms with van der Waals surface area (Å²) in [5.41, 5.74) is 0.353. The highest BCUT2D eigenvalue weighted by molar-refractivity contribution is 7.13. The van der Waals surface area contributed by atoms with Gasteiger partial charge in [-0.15, -0.1) is 11.3 Å². The Balaban J connectivity index is 1.45. The van der Waals surface area contributed by atoms with Crippen LogP contribution in [0.4, 0.5) is 4.39 Å². The number of thiophene rings is 1. The average Bonchev–Trinajstić information content (AvgIpc) is 3.29. The maximum absolute atomic E-state index is 12.8. The Morgan fingerprint density at radius 3 is 2.68 bits per heavy atom. The lowest BCUT2D eigenvalue weighted by molar-refractivity contribution is -0.145. The lowest BCUT2D eigenvalue weighted by Gasteiger charge is -2.02. The van der Waals surface area contributed by atoms with E-state index in [1.165, 1.54) is 35.6 Å². The molecule has 2 heterocycles. The van der Waals surface area contributed by atoms with Gasteiger partial charge in [0.05, 0.1) is 11.3 Å². The molecule has 0 aliphatic rings. The van der Waals surface area contributed by atoms with Crippen molar-refractivity contribution in [2.45, 2.75) is 19.4 Å². The van der Waals surface area contributed by atoms with Gasteiger partial charge in [-0.25, -0.2) is 4.39 Å². The van der Waals surface area contributed by atoms with Crippen molar-refractivity contribution in [3.8, 4) is 10.7 Å². The van der Waals surface area contributed by atoms with E-state index in [-0.39, 0.29) is 31.1 Å². The van der Waals surface area contributed by atoms with Crippen LogP contribution in [-0.2, 0) is 16.1 Å². The number of ether oxygens (including phenoxy) is 1. The van der Waals surface area contributed by atoms with E-state index in [0.29, 0.717) is 11.4 Å². The molecule has 128 valence electrons. The first kappa shape index (κ1) is 17.0. The third-order valence-corrected chi connectivity index (χ3v) is 4.15. The fourth-order valence-corrected chi connectivity index (χ4v) is 2.68. The molecule has 0 unspecified atom stereocenters. The molecule has 0 amide bonds. The van der Waals surface area contributed by atoms with Crippen molar-refractivity contribution in [3.05, 3.63) is 59.0 Å². The Morgan fingerprint density at radius 1 is 1.16 bits per heavy atom. The number of nitrogens with zero attached hydrogens (tertiary/aromatic N) is 2. The van der Waals surface area contributed by atoms with Gasteiger partial charge in [0.25, 0.3) is 5.89 Å². The smallest absolute Gasteiger partial charge is 0.306 e. The molecular weight excluding hydrogens is 347 g/mol. The highest BCUT2D eigenvalue weighted by Crippen LogP contribution is 2.21. The molecule has 0 spiro atoms. The predicted molar refractivity (Wildman–Crippen MR) is 87.4 cm³/mol. The molecule has 0 fully saturated rings. The number of rotatable bonds is 7. The Hall–Kier alpha value is -2.87. The molecule has 0 saturated heterocycles. The van der Waals surface area contributed by atoms with Crippen LogP contribution in [0.5, 0.6) is 0 Å².